The number of hydrogen-bond donors (Lipinski definition) is 4. The number of likely N-dealkylation sites (N-methyl/N-ethyl adjacent to an activating group) is 2. The highest BCUT2D eigenvalue weighted by Crippen LogP contribution is 2.30. The molecule has 1 aromatic rings. The lowest BCUT2D eigenvalue weighted by atomic mass is 9.89. The molecule has 1 fully saturated rings. The minimum atomic E-state index is -1.16. The average molecular weight is 915 g/mol. The van der Waals surface area contributed by atoms with Crippen molar-refractivity contribution in [2.75, 3.05) is 41.4 Å². The summed E-state index contributed by atoms with van der Waals surface area (Å²) < 4.78 is 11.9. The van der Waals surface area contributed by atoms with Gasteiger partial charge in [-0.2, -0.15) is 0 Å². The molecule has 65 heavy (non-hydrogen) atoms. The molecule has 16 heteroatoms. The van der Waals surface area contributed by atoms with E-state index in [1.165, 1.54) is 19.1 Å². The summed E-state index contributed by atoms with van der Waals surface area (Å²) in [6.07, 6.45) is 4.12. The summed E-state index contributed by atoms with van der Waals surface area (Å²) in [7, 11) is 6.22. The molecule has 1 aromatic carbocycles. The van der Waals surface area contributed by atoms with E-state index >= 15 is 0 Å². The van der Waals surface area contributed by atoms with Gasteiger partial charge in [-0.15, -0.1) is 0 Å². The first-order chi connectivity index (χ1) is 30.7. The van der Waals surface area contributed by atoms with Crippen LogP contribution in [0.4, 0.5) is 0 Å². The van der Waals surface area contributed by atoms with Crippen LogP contribution in [0.5, 0.6) is 0 Å². The lowest BCUT2D eigenvalue weighted by Crippen LogP contribution is -2.60. The summed E-state index contributed by atoms with van der Waals surface area (Å²) in [4.78, 5) is 99.0. The molecule has 0 bridgehead atoms. The Morgan fingerprint density at radius 1 is 0.831 bits per heavy atom. The van der Waals surface area contributed by atoms with Gasteiger partial charge in [0.2, 0.25) is 35.4 Å². The first kappa shape index (κ1) is 56.6. The van der Waals surface area contributed by atoms with E-state index in [4.69, 9.17) is 9.47 Å². The highest BCUT2D eigenvalue weighted by atomic mass is 16.5. The molecule has 4 N–H and O–H groups in total. The molecule has 1 saturated heterocycles. The summed E-state index contributed by atoms with van der Waals surface area (Å²) in [5.41, 5.74) is 0.767. The number of carboxylic acids is 1. The topological polar surface area (TPSA) is 204 Å². The van der Waals surface area contributed by atoms with Crippen molar-refractivity contribution in [1.82, 2.24) is 30.7 Å². The zero-order valence-electron chi connectivity index (χ0n) is 41.4. The van der Waals surface area contributed by atoms with Gasteiger partial charge in [0.1, 0.15) is 18.1 Å². The standard InChI is InChI=1S/C49H82N6O10/c1-13-15-19-27-50-39(56)25-20-26-40(57)53(9)43(32(5)6)47(60)52-42(31(3)4)48(61)54(10)44(33(7)14-2)38(64-11)30-41(58)55-28-21-24-37(55)45(65-12)34(8)46(59)51-36(49(62)63)29-35-22-17-16-18-23-35/h16-18,22-23,31-34,36-38,42-45H,13-15,19-21,24-30H2,1-12H3,(H,50,56)(H,51,59)(H,52,60)(H,62,63)/t33?,34-,36+,37?,38-,42+,43+,44+,45-/m1/s1. The van der Waals surface area contributed by atoms with Gasteiger partial charge in [0, 0.05) is 60.7 Å². The van der Waals surface area contributed by atoms with Crippen molar-refractivity contribution in [3.63, 3.8) is 0 Å². The number of nitrogens with zero attached hydrogens (tertiary/aromatic N) is 3. The Bertz CT molecular complexity index is 1680. The molecule has 1 aliphatic heterocycles. The number of likely N-dealkylation sites (tertiary alicyclic amines) is 1. The number of rotatable bonds is 29. The van der Waals surface area contributed by atoms with Crippen molar-refractivity contribution < 1.29 is 48.1 Å². The van der Waals surface area contributed by atoms with Crippen LogP contribution < -0.4 is 16.0 Å². The average Bonchev–Trinajstić information content (AvgIpc) is 3.76. The zero-order valence-corrected chi connectivity index (χ0v) is 41.4. The van der Waals surface area contributed by atoms with E-state index in [0.717, 1.165) is 24.8 Å². The zero-order chi connectivity index (χ0) is 49.0. The number of aliphatic carboxylic acids is 1. The Morgan fingerprint density at radius 3 is 2.05 bits per heavy atom. The van der Waals surface area contributed by atoms with Gasteiger partial charge in [-0.3, -0.25) is 28.8 Å². The molecule has 2 unspecified atom stereocenters. The molecule has 368 valence electrons. The molecule has 6 amide bonds. The Hall–Kier alpha value is -4.57. The summed E-state index contributed by atoms with van der Waals surface area (Å²) in [5, 5.41) is 18.5. The number of nitrogens with one attached hydrogen (secondary N) is 3. The van der Waals surface area contributed by atoms with E-state index in [0.29, 0.717) is 38.8 Å². The van der Waals surface area contributed by atoms with Crippen molar-refractivity contribution in [3.8, 4) is 0 Å². The maximum absolute atomic E-state index is 14.5. The van der Waals surface area contributed by atoms with E-state index in [-0.39, 0.29) is 67.1 Å². The second-order valence-electron chi connectivity index (χ2n) is 18.5. The van der Waals surface area contributed by atoms with Crippen molar-refractivity contribution in [2.45, 2.75) is 168 Å². The Balaban J connectivity index is 2.22. The molecule has 2 rings (SSSR count). The summed E-state index contributed by atoms with van der Waals surface area (Å²) in [6.45, 7) is 16.1. The van der Waals surface area contributed by atoms with Gasteiger partial charge < -0.3 is 45.2 Å². The van der Waals surface area contributed by atoms with Crippen LogP contribution in [0.2, 0.25) is 0 Å². The Morgan fingerprint density at radius 2 is 1.49 bits per heavy atom. The van der Waals surface area contributed by atoms with E-state index in [9.17, 15) is 38.7 Å². The second kappa shape index (κ2) is 28.5. The minimum absolute atomic E-state index is 0.0731. The van der Waals surface area contributed by atoms with Crippen molar-refractivity contribution in [1.29, 1.82) is 0 Å². The largest absolute Gasteiger partial charge is 0.480 e. The fourth-order valence-electron chi connectivity index (χ4n) is 8.98. The third-order valence-electron chi connectivity index (χ3n) is 13.0. The smallest absolute Gasteiger partial charge is 0.326 e. The number of amides is 6. The van der Waals surface area contributed by atoms with Crippen LogP contribution in [0, 0.1) is 23.7 Å². The second-order valence-corrected chi connectivity index (χ2v) is 18.5. The molecule has 16 nitrogen and oxygen atoms in total. The predicted molar refractivity (Wildman–Crippen MR) is 250 cm³/mol. The van der Waals surface area contributed by atoms with Crippen molar-refractivity contribution in [2.24, 2.45) is 23.7 Å². The van der Waals surface area contributed by atoms with Gasteiger partial charge in [0.15, 0.2) is 0 Å². The van der Waals surface area contributed by atoms with Crippen LogP contribution in [0.1, 0.15) is 125 Å². The molecule has 0 radical (unpaired) electrons. The van der Waals surface area contributed by atoms with Gasteiger partial charge >= 0.3 is 5.97 Å². The van der Waals surface area contributed by atoms with Crippen LogP contribution in [0.25, 0.3) is 0 Å². The summed E-state index contributed by atoms with van der Waals surface area (Å²) in [5.74, 6) is -4.62. The number of unbranched alkanes of at least 4 members (excludes halogenated alkanes) is 2. The Kier molecular flexibility index (Phi) is 24.8. The summed E-state index contributed by atoms with van der Waals surface area (Å²) >= 11 is 0. The van der Waals surface area contributed by atoms with E-state index in [1.807, 2.05) is 59.7 Å². The van der Waals surface area contributed by atoms with Crippen molar-refractivity contribution in [3.05, 3.63) is 35.9 Å². The van der Waals surface area contributed by atoms with Crippen LogP contribution in [0.3, 0.4) is 0 Å². The highest BCUT2D eigenvalue weighted by Gasteiger charge is 2.44. The number of benzene rings is 1. The monoisotopic (exact) mass is 915 g/mol. The number of ether oxygens (including phenoxy) is 2. The quantitative estimate of drug-likeness (QED) is 0.0808. The molecule has 1 heterocycles. The van der Waals surface area contributed by atoms with Crippen LogP contribution in [0.15, 0.2) is 30.3 Å². The van der Waals surface area contributed by atoms with Gasteiger partial charge in [-0.1, -0.05) is 105 Å². The lowest BCUT2D eigenvalue weighted by molar-refractivity contribution is -0.149. The van der Waals surface area contributed by atoms with Gasteiger partial charge in [-0.25, -0.2) is 4.79 Å². The lowest BCUT2D eigenvalue weighted by Gasteiger charge is -2.41. The van der Waals surface area contributed by atoms with E-state index in [2.05, 4.69) is 22.9 Å². The highest BCUT2D eigenvalue weighted by molar-refractivity contribution is 5.92. The molecule has 1 aliphatic rings. The van der Waals surface area contributed by atoms with Gasteiger partial charge in [0.05, 0.1) is 36.6 Å². The molecule has 0 spiro atoms. The third-order valence-corrected chi connectivity index (χ3v) is 13.0. The normalized spacial score (nSPS) is 17.6. The fourth-order valence-corrected chi connectivity index (χ4v) is 8.98. The number of carboxylic acid groups (broad SMARTS) is 1. The molecular formula is C49H82N6O10. The SMILES string of the molecule is CCCCCNC(=O)CCCC(=O)N(C)[C@H](C(=O)N[C@H](C(=O)N(C)[C@@H](C(C)CC)[C@@H](CC(=O)N1CCCC1[C@H](OC)[C@@H](C)C(=O)N[C@@H](Cc1ccccc1)C(=O)O)OC)C(C)C)C(C)C. The van der Waals surface area contributed by atoms with Crippen LogP contribution >= 0.6 is 0 Å². The number of carbonyl (C=O) groups is 7. The number of hydrogen-bond acceptors (Lipinski definition) is 9. The maximum atomic E-state index is 14.5. The van der Waals surface area contributed by atoms with Gasteiger partial charge in [0.25, 0.3) is 0 Å². The predicted octanol–water partition coefficient (Wildman–Crippen LogP) is 4.82. The van der Waals surface area contributed by atoms with Crippen LogP contribution in [-0.2, 0) is 49.5 Å². The fraction of sp³-hybridized carbons (Fsp3) is 0.735. The Labute approximate surface area is 388 Å². The minimum Gasteiger partial charge on any atom is -0.480 e. The molecule has 0 aliphatic carbocycles. The van der Waals surface area contributed by atoms with Crippen molar-refractivity contribution >= 4 is 41.4 Å². The molecule has 0 saturated carbocycles. The number of methoxy groups -OCH3 is 2. The number of carbonyl (C=O) groups excluding carboxylic acids is 6. The van der Waals surface area contributed by atoms with Crippen LogP contribution in [-0.4, -0.2) is 145 Å². The van der Waals surface area contributed by atoms with E-state index < -0.39 is 66.1 Å². The van der Waals surface area contributed by atoms with E-state index in [1.54, 1.807) is 43.0 Å². The third kappa shape index (κ3) is 17.0. The molecular weight excluding hydrogens is 833 g/mol. The first-order valence-corrected chi connectivity index (χ1v) is 23.8. The van der Waals surface area contributed by atoms with Gasteiger partial charge in [-0.05, 0) is 49.0 Å². The first-order valence-electron chi connectivity index (χ1n) is 23.8. The maximum Gasteiger partial charge on any atom is 0.326 e. The molecule has 0 aromatic heterocycles. The summed E-state index contributed by atoms with van der Waals surface area (Å²) in [6, 6.07) is 5.02. The molecule has 9 atom stereocenters.